The van der Waals surface area contributed by atoms with Crippen LogP contribution in [-0.4, -0.2) is 23.5 Å². The summed E-state index contributed by atoms with van der Waals surface area (Å²) in [7, 11) is 4.10. The Morgan fingerprint density at radius 3 is 2.50 bits per heavy atom. The zero-order valence-corrected chi connectivity index (χ0v) is 15.1. The lowest BCUT2D eigenvalue weighted by atomic mass is 10.2. The molecule has 2 heterocycles. The molecule has 0 bridgehead atoms. The van der Waals surface area contributed by atoms with Gasteiger partial charge in [-0.3, -0.25) is 0 Å². The minimum Gasteiger partial charge on any atom is -0.378 e. The summed E-state index contributed by atoms with van der Waals surface area (Å²) in [5, 5.41) is 4.25. The van der Waals surface area contributed by atoms with Crippen molar-refractivity contribution < 1.29 is 0 Å². The Hall–Kier alpha value is -2.04. The van der Waals surface area contributed by atoms with Gasteiger partial charge in [0.15, 0.2) is 0 Å². The minimum atomic E-state index is 0.725. The Morgan fingerprint density at radius 1 is 1.08 bits per heavy atom. The molecule has 0 radical (unpaired) electrons. The SMILES string of the molecule is CCc1nc2ccc(Cl)cn2c1CNCc1ccc(N(C)C)cc1. The summed E-state index contributed by atoms with van der Waals surface area (Å²) in [5.74, 6) is 0. The van der Waals surface area contributed by atoms with Gasteiger partial charge in [-0.1, -0.05) is 30.7 Å². The first kappa shape index (κ1) is 16.8. The van der Waals surface area contributed by atoms with Gasteiger partial charge in [-0.15, -0.1) is 0 Å². The number of imidazole rings is 1. The van der Waals surface area contributed by atoms with Gasteiger partial charge in [0.25, 0.3) is 0 Å². The van der Waals surface area contributed by atoms with E-state index in [-0.39, 0.29) is 0 Å². The maximum atomic E-state index is 6.14. The molecule has 0 saturated carbocycles. The Bertz CT molecular complexity index is 821. The number of halogens is 1. The predicted octanol–water partition coefficient (Wildman–Crippen LogP) is 3.91. The van der Waals surface area contributed by atoms with E-state index in [2.05, 4.69) is 64.9 Å². The summed E-state index contributed by atoms with van der Waals surface area (Å²) < 4.78 is 2.09. The smallest absolute Gasteiger partial charge is 0.137 e. The van der Waals surface area contributed by atoms with Gasteiger partial charge in [-0.25, -0.2) is 4.98 Å². The van der Waals surface area contributed by atoms with E-state index in [1.54, 1.807) is 0 Å². The van der Waals surface area contributed by atoms with Crippen LogP contribution in [0.5, 0.6) is 0 Å². The van der Waals surface area contributed by atoms with E-state index in [1.165, 1.54) is 16.9 Å². The van der Waals surface area contributed by atoms with Crippen molar-refractivity contribution in [2.75, 3.05) is 19.0 Å². The van der Waals surface area contributed by atoms with Crippen molar-refractivity contribution in [2.24, 2.45) is 0 Å². The van der Waals surface area contributed by atoms with Crippen LogP contribution in [0, 0.1) is 0 Å². The van der Waals surface area contributed by atoms with Gasteiger partial charge in [0.2, 0.25) is 0 Å². The second-order valence-corrected chi connectivity index (χ2v) is 6.54. The van der Waals surface area contributed by atoms with Crippen LogP contribution >= 0.6 is 11.6 Å². The van der Waals surface area contributed by atoms with Crippen molar-refractivity contribution in [3.05, 3.63) is 64.6 Å². The Kier molecular flexibility index (Phi) is 5.07. The summed E-state index contributed by atoms with van der Waals surface area (Å²) in [6, 6.07) is 12.5. The molecule has 24 heavy (non-hydrogen) atoms. The van der Waals surface area contributed by atoms with Gasteiger partial charge in [-0.2, -0.15) is 0 Å². The Labute approximate surface area is 148 Å². The number of aryl methyl sites for hydroxylation is 1. The normalized spacial score (nSPS) is 11.2. The van der Waals surface area contributed by atoms with Crippen LogP contribution in [0.2, 0.25) is 5.02 Å². The Balaban J connectivity index is 1.72. The summed E-state index contributed by atoms with van der Waals surface area (Å²) in [6.45, 7) is 3.72. The molecule has 4 nitrogen and oxygen atoms in total. The first-order chi connectivity index (χ1) is 11.6. The van der Waals surface area contributed by atoms with Gasteiger partial charge >= 0.3 is 0 Å². The highest BCUT2D eigenvalue weighted by Crippen LogP contribution is 2.18. The molecule has 0 aliphatic heterocycles. The zero-order valence-electron chi connectivity index (χ0n) is 14.4. The van der Waals surface area contributed by atoms with Gasteiger partial charge < -0.3 is 14.6 Å². The molecule has 0 saturated heterocycles. The fourth-order valence-electron chi connectivity index (χ4n) is 2.82. The molecule has 5 heteroatoms. The predicted molar refractivity (Wildman–Crippen MR) is 101 cm³/mol. The number of rotatable bonds is 6. The van der Waals surface area contributed by atoms with Crippen LogP contribution in [0.4, 0.5) is 5.69 Å². The van der Waals surface area contributed by atoms with Crippen LogP contribution in [0.1, 0.15) is 23.9 Å². The molecule has 0 fully saturated rings. The van der Waals surface area contributed by atoms with Crippen molar-refractivity contribution in [1.82, 2.24) is 14.7 Å². The van der Waals surface area contributed by atoms with Gasteiger partial charge in [-0.05, 0) is 36.2 Å². The van der Waals surface area contributed by atoms with Crippen LogP contribution < -0.4 is 10.2 Å². The highest BCUT2D eigenvalue weighted by Gasteiger charge is 2.10. The van der Waals surface area contributed by atoms with E-state index in [4.69, 9.17) is 11.6 Å². The topological polar surface area (TPSA) is 32.6 Å². The van der Waals surface area contributed by atoms with Gasteiger partial charge in [0.05, 0.1) is 16.4 Å². The molecule has 0 amide bonds. The van der Waals surface area contributed by atoms with E-state index in [0.717, 1.165) is 35.9 Å². The second-order valence-electron chi connectivity index (χ2n) is 6.10. The molecule has 1 N–H and O–H groups in total. The molecule has 3 rings (SSSR count). The molecule has 0 unspecified atom stereocenters. The fraction of sp³-hybridized carbons (Fsp3) is 0.316. The number of pyridine rings is 1. The quantitative estimate of drug-likeness (QED) is 0.737. The first-order valence-electron chi connectivity index (χ1n) is 8.21. The molecular weight excluding hydrogens is 320 g/mol. The molecule has 2 aromatic heterocycles. The average Bonchev–Trinajstić information content (AvgIpc) is 2.92. The average molecular weight is 343 g/mol. The van der Waals surface area contributed by atoms with E-state index in [0.29, 0.717) is 0 Å². The molecule has 0 spiro atoms. The van der Waals surface area contributed by atoms with Crippen LogP contribution in [0.15, 0.2) is 42.6 Å². The lowest BCUT2D eigenvalue weighted by molar-refractivity contribution is 0.669. The maximum Gasteiger partial charge on any atom is 0.137 e. The fourth-order valence-corrected chi connectivity index (χ4v) is 2.98. The molecule has 126 valence electrons. The molecule has 1 aromatic carbocycles. The van der Waals surface area contributed by atoms with Crippen molar-refractivity contribution in [3.8, 4) is 0 Å². The summed E-state index contributed by atoms with van der Waals surface area (Å²) in [4.78, 5) is 6.79. The summed E-state index contributed by atoms with van der Waals surface area (Å²) >= 11 is 6.14. The van der Waals surface area contributed by atoms with Crippen molar-refractivity contribution in [2.45, 2.75) is 26.4 Å². The number of fused-ring (bicyclic) bond motifs is 1. The number of anilines is 1. The third-order valence-corrected chi connectivity index (χ3v) is 4.40. The number of hydrogen-bond acceptors (Lipinski definition) is 3. The highest BCUT2D eigenvalue weighted by atomic mass is 35.5. The Morgan fingerprint density at radius 2 is 1.83 bits per heavy atom. The molecule has 3 aromatic rings. The van der Waals surface area contributed by atoms with Crippen LogP contribution in [-0.2, 0) is 19.5 Å². The van der Waals surface area contributed by atoms with E-state index in [9.17, 15) is 0 Å². The molecule has 0 atom stereocenters. The number of aromatic nitrogens is 2. The van der Waals surface area contributed by atoms with E-state index < -0.39 is 0 Å². The molecule has 0 aliphatic rings. The van der Waals surface area contributed by atoms with Crippen LogP contribution in [0.3, 0.4) is 0 Å². The van der Waals surface area contributed by atoms with E-state index >= 15 is 0 Å². The number of hydrogen-bond donors (Lipinski definition) is 1. The first-order valence-corrected chi connectivity index (χ1v) is 8.58. The highest BCUT2D eigenvalue weighted by molar-refractivity contribution is 6.30. The van der Waals surface area contributed by atoms with Crippen LogP contribution in [0.25, 0.3) is 5.65 Å². The van der Waals surface area contributed by atoms with Crippen molar-refractivity contribution in [3.63, 3.8) is 0 Å². The maximum absolute atomic E-state index is 6.14. The van der Waals surface area contributed by atoms with Crippen molar-refractivity contribution in [1.29, 1.82) is 0 Å². The third kappa shape index (κ3) is 3.55. The second kappa shape index (κ2) is 7.24. The van der Waals surface area contributed by atoms with E-state index in [1.807, 2.05) is 18.3 Å². The largest absolute Gasteiger partial charge is 0.378 e. The van der Waals surface area contributed by atoms with Gasteiger partial charge in [0, 0.05) is 39.1 Å². The number of nitrogens with one attached hydrogen (secondary N) is 1. The number of benzene rings is 1. The standard InChI is InChI=1S/C19H23ClN4/c1-4-17-18(24-13-15(20)7-10-19(24)22-17)12-21-11-14-5-8-16(9-6-14)23(2)3/h5-10,13,21H,4,11-12H2,1-3H3. The molecular formula is C19H23ClN4. The van der Waals surface area contributed by atoms with Crippen molar-refractivity contribution >= 4 is 22.9 Å². The lowest BCUT2D eigenvalue weighted by Gasteiger charge is -2.13. The minimum absolute atomic E-state index is 0.725. The monoisotopic (exact) mass is 342 g/mol. The lowest BCUT2D eigenvalue weighted by Crippen LogP contribution is -2.15. The zero-order chi connectivity index (χ0) is 17.1. The third-order valence-electron chi connectivity index (χ3n) is 4.17. The van der Waals surface area contributed by atoms with Gasteiger partial charge in [0.1, 0.15) is 5.65 Å². The molecule has 0 aliphatic carbocycles. The summed E-state index contributed by atoms with van der Waals surface area (Å²) in [6.07, 6.45) is 2.85. The summed E-state index contributed by atoms with van der Waals surface area (Å²) in [5.41, 5.74) is 5.73. The number of nitrogens with zero attached hydrogens (tertiary/aromatic N) is 3.